The molecule has 0 unspecified atom stereocenters. The predicted molar refractivity (Wildman–Crippen MR) is 86.6 cm³/mol. The van der Waals surface area contributed by atoms with Crippen LogP contribution in [0.5, 0.6) is 0 Å². The molecule has 2 aliphatic rings. The standard InChI is InChI=1S/C16H25N3OS/c1-16(17-2)5-8-18(9-6-16)12-15(20)19-7-3-14-13(11-19)4-10-21-14/h4,10,17H,3,5-9,11-12H2,1-2H3. The lowest BCUT2D eigenvalue weighted by Crippen LogP contribution is -2.52. The van der Waals surface area contributed by atoms with E-state index in [1.807, 2.05) is 23.3 Å². The monoisotopic (exact) mass is 307 g/mol. The number of fused-ring (bicyclic) bond motifs is 1. The molecular weight excluding hydrogens is 282 g/mol. The Bertz CT molecular complexity index is 505. The number of likely N-dealkylation sites (tertiary alicyclic amines) is 1. The van der Waals surface area contributed by atoms with Gasteiger partial charge >= 0.3 is 0 Å². The highest BCUT2D eigenvalue weighted by Gasteiger charge is 2.30. The fourth-order valence-electron chi connectivity index (χ4n) is 3.21. The zero-order valence-corrected chi connectivity index (χ0v) is 13.8. The summed E-state index contributed by atoms with van der Waals surface area (Å²) in [5.74, 6) is 0.292. The summed E-state index contributed by atoms with van der Waals surface area (Å²) in [5.41, 5.74) is 1.59. The molecule has 3 rings (SSSR count). The maximum atomic E-state index is 12.5. The van der Waals surface area contributed by atoms with Crippen LogP contribution in [0.15, 0.2) is 11.4 Å². The molecule has 21 heavy (non-hydrogen) atoms. The zero-order chi connectivity index (χ0) is 14.9. The van der Waals surface area contributed by atoms with Crippen molar-refractivity contribution in [3.8, 4) is 0 Å². The van der Waals surface area contributed by atoms with Gasteiger partial charge in [-0.15, -0.1) is 11.3 Å². The van der Waals surface area contributed by atoms with Crippen molar-refractivity contribution in [1.82, 2.24) is 15.1 Å². The Morgan fingerprint density at radius 2 is 2.14 bits per heavy atom. The number of rotatable bonds is 3. The van der Waals surface area contributed by atoms with Gasteiger partial charge in [0, 0.05) is 36.6 Å². The van der Waals surface area contributed by atoms with E-state index in [4.69, 9.17) is 0 Å². The maximum Gasteiger partial charge on any atom is 0.237 e. The van der Waals surface area contributed by atoms with Crippen molar-refractivity contribution in [2.24, 2.45) is 0 Å². The fourth-order valence-corrected chi connectivity index (χ4v) is 4.10. The van der Waals surface area contributed by atoms with Crippen molar-refractivity contribution in [2.45, 2.75) is 38.3 Å². The number of thiophene rings is 1. The third kappa shape index (κ3) is 3.30. The van der Waals surface area contributed by atoms with Crippen LogP contribution >= 0.6 is 11.3 Å². The summed E-state index contributed by atoms with van der Waals surface area (Å²) in [6, 6.07) is 2.17. The van der Waals surface area contributed by atoms with Gasteiger partial charge in [-0.3, -0.25) is 9.69 Å². The van der Waals surface area contributed by atoms with Crippen molar-refractivity contribution >= 4 is 17.2 Å². The number of hydrogen-bond donors (Lipinski definition) is 1. The van der Waals surface area contributed by atoms with Crippen LogP contribution in [-0.4, -0.2) is 54.5 Å². The summed E-state index contributed by atoms with van der Waals surface area (Å²) < 4.78 is 0. The first kappa shape index (κ1) is 15.0. The van der Waals surface area contributed by atoms with Crippen LogP contribution in [0.1, 0.15) is 30.2 Å². The molecule has 1 fully saturated rings. The molecule has 116 valence electrons. The molecule has 1 aromatic rings. The van der Waals surface area contributed by atoms with Gasteiger partial charge in [0.05, 0.1) is 6.54 Å². The van der Waals surface area contributed by atoms with Crippen molar-refractivity contribution in [1.29, 1.82) is 0 Å². The van der Waals surface area contributed by atoms with E-state index in [9.17, 15) is 4.79 Å². The highest BCUT2D eigenvalue weighted by molar-refractivity contribution is 7.10. The summed E-state index contributed by atoms with van der Waals surface area (Å²) in [5, 5.41) is 5.55. The van der Waals surface area contributed by atoms with E-state index in [2.05, 4.69) is 28.6 Å². The summed E-state index contributed by atoms with van der Waals surface area (Å²) in [7, 11) is 2.03. The molecule has 5 heteroatoms. The van der Waals surface area contributed by atoms with E-state index in [-0.39, 0.29) is 5.54 Å². The minimum atomic E-state index is 0.246. The van der Waals surface area contributed by atoms with Crippen LogP contribution in [-0.2, 0) is 17.8 Å². The van der Waals surface area contributed by atoms with E-state index in [0.29, 0.717) is 12.5 Å². The summed E-state index contributed by atoms with van der Waals surface area (Å²) in [6.07, 6.45) is 3.26. The van der Waals surface area contributed by atoms with Crippen LogP contribution in [0, 0.1) is 0 Å². The number of hydrogen-bond acceptors (Lipinski definition) is 4. The first-order valence-electron chi connectivity index (χ1n) is 7.84. The first-order chi connectivity index (χ1) is 10.1. The van der Waals surface area contributed by atoms with E-state index in [1.54, 1.807) is 0 Å². The minimum absolute atomic E-state index is 0.246. The van der Waals surface area contributed by atoms with E-state index >= 15 is 0 Å². The molecule has 3 heterocycles. The third-order valence-corrected chi connectivity index (χ3v) is 6.11. The Labute approximate surface area is 131 Å². The number of piperidine rings is 1. The van der Waals surface area contributed by atoms with Crippen molar-refractivity contribution in [2.75, 3.05) is 33.2 Å². The summed E-state index contributed by atoms with van der Waals surface area (Å²) in [4.78, 5) is 18.3. The Kier molecular flexibility index (Phi) is 4.33. The molecule has 1 saturated heterocycles. The van der Waals surface area contributed by atoms with Gasteiger partial charge in [0.2, 0.25) is 5.91 Å². The average Bonchev–Trinajstić information content (AvgIpc) is 2.97. The zero-order valence-electron chi connectivity index (χ0n) is 13.0. The van der Waals surface area contributed by atoms with Crippen molar-refractivity contribution < 1.29 is 4.79 Å². The minimum Gasteiger partial charge on any atom is -0.337 e. The topological polar surface area (TPSA) is 35.6 Å². The maximum absolute atomic E-state index is 12.5. The van der Waals surface area contributed by atoms with Gasteiger partial charge < -0.3 is 10.2 Å². The van der Waals surface area contributed by atoms with Gasteiger partial charge in [-0.05, 0) is 50.2 Å². The Balaban J connectivity index is 1.51. The van der Waals surface area contributed by atoms with Crippen LogP contribution < -0.4 is 5.32 Å². The highest BCUT2D eigenvalue weighted by atomic mass is 32.1. The van der Waals surface area contributed by atoms with Crippen molar-refractivity contribution in [3.63, 3.8) is 0 Å². The molecule has 0 aliphatic carbocycles. The highest BCUT2D eigenvalue weighted by Crippen LogP contribution is 2.25. The summed E-state index contributed by atoms with van der Waals surface area (Å²) >= 11 is 1.82. The molecule has 0 radical (unpaired) electrons. The van der Waals surface area contributed by atoms with Gasteiger partial charge in [0.25, 0.3) is 0 Å². The smallest absolute Gasteiger partial charge is 0.237 e. The van der Waals surface area contributed by atoms with Crippen LogP contribution in [0.2, 0.25) is 0 Å². The molecule has 0 atom stereocenters. The number of nitrogens with zero attached hydrogens (tertiary/aromatic N) is 2. The first-order valence-corrected chi connectivity index (χ1v) is 8.72. The Hall–Kier alpha value is -0.910. The number of carbonyl (C=O) groups is 1. The largest absolute Gasteiger partial charge is 0.337 e. The molecular formula is C16H25N3OS. The summed E-state index contributed by atoms with van der Waals surface area (Å²) in [6.45, 7) is 6.57. The van der Waals surface area contributed by atoms with Gasteiger partial charge in [0.1, 0.15) is 0 Å². The molecule has 0 saturated carbocycles. The lowest BCUT2D eigenvalue weighted by molar-refractivity contribution is -0.133. The third-order valence-electron chi connectivity index (χ3n) is 5.08. The quantitative estimate of drug-likeness (QED) is 0.923. The number of amides is 1. The molecule has 4 nitrogen and oxygen atoms in total. The lowest BCUT2D eigenvalue weighted by Gasteiger charge is -2.39. The molecule has 0 aromatic carbocycles. The van der Waals surface area contributed by atoms with Crippen LogP contribution in [0.25, 0.3) is 0 Å². The molecule has 1 amide bonds. The van der Waals surface area contributed by atoms with Gasteiger partial charge in [-0.25, -0.2) is 0 Å². The van der Waals surface area contributed by atoms with Gasteiger partial charge in [-0.1, -0.05) is 0 Å². The average molecular weight is 307 g/mol. The second kappa shape index (κ2) is 6.07. The van der Waals surface area contributed by atoms with E-state index in [0.717, 1.165) is 45.4 Å². The second-order valence-electron chi connectivity index (χ2n) is 6.52. The van der Waals surface area contributed by atoms with Gasteiger partial charge in [0.15, 0.2) is 0 Å². The molecule has 2 aliphatic heterocycles. The fraction of sp³-hybridized carbons (Fsp3) is 0.688. The van der Waals surface area contributed by atoms with Gasteiger partial charge in [-0.2, -0.15) is 0 Å². The van der Waals surface area contributed by atoms with Crippen LogP contribution in [0.4, 0.5) is 0 Å². The number of carbonyl (C=O) groups excluding carboxylic acids is 1. The Morgan fingerprint density at radius 1 is 1.38 bits per heavy atom. The molecule has 1 N–H and O–H groups in total. The van der Waals surface area contributed by atoms with E-state index < -0.39 is 0 Å². The SMILES string of the molecule is CNC1(C)CCN(CC(=O)N2CCc3sccc3C2)CC1. The Morgan fingerprint density at radius 3 is 2.86 bits per heavy atom. The molecule has 0 spiro atoms. The normalized spacial score (nSPS) is 22.1. The molecule has 1 aromatic heterocycles. The second-order valence-corrected chi connectivity index (χ2v) is 7.52. The van der Waals surface area contributed by atoms with Crippen LogP contribution in [0.3, 0.4) is 0 Å². The van der Waals surface area contributed by atoms with E-state index in [1.165, 1.54) is 10.4 Å². The molecule has 0 bridgehead atoms. The number of nitrogens with one attached hydrogen (secondary N) is 1. The lowest BCUT2D eigenvalue weighted by atomic mass is 9.90. The predicted octanol–water partition coefficient (Wildman–Crippen LogP) is 1.71. The van der Waals surface area contributed by atoms with Crippen molar-refractivity contribution in [3.05, 3.63) is 21.9 Å².